The van der Waals surface area contributed by atoms with Crippen molar-refractivity contribution in [3.8, 4) is 0 Å². The summed E-state index contributed by atoms with van der Waals surface area (Å²) in [7, 11) is 0. The molecule has 0 bridgehead atoms. The molecule has 0 aliphatic heterocycles. The summed E-state index contributed by atoms with van der Waals surface area (Å²) < 4.78 is 0. The highest BCUT2D eigenvalue weighted by atomic mass is 16.3. The molecule has 0 fully saturated rings. The van der Waals surface area contributed by atoms with Gasteiger partial charge in [-0.05, 0) is 12.3 Å². The summed E-state index contributed by atoms with van der Waals surface area (Å²) >= 11 is 0. The predicted octanol–water partition coefficient (Wildman–Crippen LogP) is 1.41. The van der Waals surface area contributed by atoms with Crippen LogP contribution in [-0.2, 0) is 0 Å². The van der Waals surface area contributed by atoms with Gasteiger partial charge in [-0.2, -0.15) is 0 Å². The molecule has 64 valence electrons. The van der Waals surface area contributed by atoms with Crippen molar-refractivity contribution >= 4 is 0 Å². The van der Waals surface area contributed by atoms with Gasteiger partial charge in [-0.25, -0.2) is 0 Å². The molecule has 0 saturated carbocycles. The minimum absolute atomic E-state index is 0.194. The lowest BCUT2D eigenvalue weighted by Crippen LogP contribution is -2.05. The second-order valence-electron chi connectivity index (χ2n) is 1.97. The maximum Gasteiger partial charge on any atom is 0.0460 e. The van der Waals surface area contributed by atoms with E-state index in [0.29, 0.717) is 5.92 Å². The van der Waals surface area contributed by atoms with Gasteiger partial charge in [0, 0.05) is 13.2 Å². The van der Waals surface area contributed by atoms with Crippen LogP contribution in [0.4, 0.5) is 0 Å². The maximum absolute atomic E-state index is 8.55. The molecule has 0 aliphatic carbocycles. The van der Waals surface area contributed by atoms with E-state index in [4.69, 9.17) is 10.2 Å². The molecule has 10 heavy (non-hydrogen) atoms. The third-order valence-corrected chi connectivity index (χ3v) is 1.37. The molecular formula is C8H20O2. The molecule has 1 atom stereocenters. The molecule has 0 spiro atoms. The summed E-state index contributed by atoms with van der Waals surface area (Å²) in [6, 6.07) is 0. The van der Waals surface area contributed by atoms with Crippen molar-refractivity contribution in [2.45, 2.75) is 33.6 Å². The Hall–Kier alpha value is -0.0800. The Morgan fingerprint density at radius 2 is 1.70 bits per heavy atom. The highest BCUT2D eigenvalue weighted by Crippen LogP contribution is 2.04. The van der Waals surface area contributed by atoms with Crippen LogP contribution in [0, 0.1) is 5.92 Å². The summed E-state index contributed by atoms with van der Waals surface area (Å²) in [6.45, 7) is 6.41. The van der Waals surface area contributed by atoms with Crippen LogP contribution in [0.3, 0.4) is 0 Å². The normalized spacial score (nSPS) is 11.7. The topological polar surface area (TPSA) is 40.5 Å². The summed E-state index contributed by atoms with van der Waals surface area (Å²) in [5.41, 5.74) is 0. The number of hydrogen-bond acceptors (Lipinski definition) is 2. The predicted molar refractivity (Wildman–Crippen MR) is 43.9 cm³/mol. The standard InChI is InChI=1S/C6H14O2.C2H6/c1-2-6(5-8)3-4-7;1-2/h6-8H,2-5H2,1H3;1-2H3. The van der Waals surface area contributed by atoms with Crippen molar-refractivity contribution in [3.63, 3.8) is 0 Å². The Morgan fingerprint density at radius 3 is 1.80 bits per heavy atom. The SMILES string of the molecule is CC.CCC(CO)CCO. The molecule has 0 aliphatic rings. The van der Waals surface area contributed by atoms with Crippen molar-refractivity contribution < 1.29 is 10.2 Å². The zero-order chi connectivity index (χ0) is 8.41. The highest BCUT2D eigenvalue weighted by molar-refractivity contribution is 4.52. The third kappa shape index (κ3) is 7.92. The van der Waals surface area contributed by atoms with E-state index < -0.39 is 0 Å². The summed E-state index contributed by atoms with van der Waals surface area (Å²) in [6.07, 6.45) is 1.68. The van der Waals surface area contributed by atoms with E-state index in [2.05, 4.69) is 0 Å². The van der Waals surface area contributed by atoms with E-state index in [0.717, 1.165) is 12.8 Å². The van der Waals surface area contributed by atoms with Gasteiger partial charge in [0.05, 0.1) is 0 Å². The van der Waals surface area contributed by atoms with E-state index in [1.54, 1.807) is 0 Å². The van der Waals surface area contributed by atoms with E-state index in [-0.39, 0.29) is 13.2 Å². The van der Waals surface area contributed by atoms with Gasteiger partial charge in [0.2, 0.25) is 0 Å². The lowest BCUT2D eigenvalue weighted by atomic mass is 10.1. The molecule has 0 saturated heterocycles. The quantitative estimate of drug-likeness (QED) is 0.633. The molecular weight excluding hydrogens is 128 g/mol. The molecule has 2 nitrogen and oxygen atoms in total. The number of aliphatic hydroxyl groups excluding tert-OH is 2. The lowest BCUT2D eigenvalue weighted by Gasteiger charge is -2.06. The monoisotopic (exact) mass is 148 g/mol. The van der Waals surface area contributed by atoms with Gasteiger partial charge < -0.3 is 10.2 Å². The minimum atomic E-state index is 0.194. The maximum atomic E-state index is 8.55. The molecule has 0 aromatic heterocycles. The fourth-order valence-electron chi connectivity index (χ4n) is 0.607. The summed E-state index contributed by atoms with van der Waals surface area (Å²) in [5, 5.41) is 16.9. The Bertz CT molecular complexity index is 42.5. The first kappa shape index (κ1) is 12.6. The Kier molecular flexibility index (Phi) is 14.7. The molecule has 0 aromatic carbocycles. The molecule has 0 aromatic rings. The number of hydrogen-bond donors (Lipinski definition) is 2. The Morgan fingerprint density at radius 1 is 1.20 bits per heavy atom. The molecule has 0 amide bonds. The van der Waals surface area contributed by atoms with Crippen LogP contribution in [0.25, 0.3) is 0 Å². The van der Waals surface area contributed by atoms with Crippen LogP contribution in [0.2, 0.25) is 0 Å². The molecule has 0 heterocycles. The molecule has 1 unspecified atom stereocenters. The molecule has 2 N–H and O–H groups in total. The van der Waals surface area contributed by atoms with Crippen LogP contribution in [0.5, 0.6) is 0 Å². The van der Waals surface area contributed by atoms with E-state index in [9.17, 15) is 0 Å². The van der Waals surface area contributed by atoms with Gasteiger partial charge in [0.1, 0.15) is 0 Å². The van der Waals surface area contributed by atoms with Gasteiger partial charge >= 0.3 is 0 Å². The van der Waals surface area contributed by atoms with Crippen LogP contribution in [-0.4, -0.2) is 23.4 Å². The van der Waals surface area contributed by atoms with Gasteiger partial charge in [-0.1, -0.05) is 27.2 Å². The first-order valence-corrected chi connectivity index (χ1v) is 4.06. The van der Waals surface area contributed by atoms with Crippen LogP contribution >= 0.6 is 0 Å². The highest BCUT2D eigenvalue weighted by Gasteiger charge is 2.00. The second kappa shape index (κ2) is 11.7. The van der Waals surface area contributed by atoms with Crippen molar-refractivity contribution in [1.82, 2.24) is 0 Å². The average Bonchev–Trinajstić information content (AvgIpc) is 2.04. The van der Waals surface area contributed by atoms with Crippen molar-refractivity contribution in [2.75, 3.05) is 13.2 Å². The van der Waals surface area contributed by atoms with Gasteiger partial charge in [-0.3, -0.25) is 0 Å². The minimum Gasteiger partial charge on any atom is -0.396 e. The lowest BCUT2D eigenvalue weighted by molar-refractivity contribution is 0.180. The first-order valence-electron chi connectivity index (χ1n) is 4.06. The van der Waals surface area contributed by atoms with Gasteiger partial charge in [0.25, 0.3) is 0 Å². The first-order chi connectivity index (χ1) is 4.85. The Balaban J connectivity index is 0. The second-order valence-corrected chi connectivity index (χ2v) is 1.97. The van der Waals surface area contributed by atoms with E-state index >= 15 is 0 Å². The third-order valence-electron chi connectivity index (χ3n) is 1.37. The molecule has 0 rings (SSSR count). The fraction of sp³-hybridized carbons (Fsp3) is 1.00. The van der Waals surface area contributed by atoms with Crippen molar-refractivity contribution in [3.05, 3.63) is 0 Å². The summed E-state index contributed by atoms with van der Waals surface area (Å²) in [5.74, 6) is 0.306. The summed E-state index contributed by atoms with van der Waals surface area (Å²) in [4.78, 5) is 0. The molecule has 2 heteroatoms. The zero-order valence-electron chi connectivity index (χ0n) is 7.30. The van der Waals surface area contributed by atoms with Gasteiger partial charge in [0.15, 0.2) is 0 Å². The number of aliphatic hydroxyl groups is 2. The number of rotatable bonds is 4. The smallest absolute Gasteiger partial charge is 0.0460 e. The van der Waals surface area contributed by atoms with Crippen molar-refractivity contribution in [1.29, 1.82) is 0 Å². The van der Waals surface area contributed by atoms with Crippen LogP contribution < -0.4 is 0 Å². The fourth-order valence-corrected chi connectivity index (χ4v) is 0.607. The Labute approximate surface area is 63.9 Å². The molecule has 0 radical (unpaired) electrons. The average molecular weight is 148 g/mol. The largest absolute Gasteiger partial charge is 0.396 e. The van der Waals surface area contributed by atoms with E-state index in [1.165, 1.54) is 0 Å². The van der Waals surface area contributed by atoms with Gasteiger partial charge in [-0.15, -0.1) is 0 Å². The van der Waals surface area contributed by atoms with Crippen LogP contribution in [0.1, 0.15) is 33.6 Å². The van der Waals surface area contributed by atoms with Crippen LogP contribution in [0.15, 0.2) is 0 Å². The van der Waals surface area contributed by atoms with E-state index in [1.807, 2.05) is 20.8 Å². The van der Waals surface area contributed by atoms with Crippen molar-refractivity contribution in [2.24, 2.45) is 5.92 Å². The zero-order valence-corrected chi connectivity index (χ0v) is 7.30.